The lowest BCUT2D eigenvalue weighted by atomic mass is 10.00. The number of hydrogen-bond donors (Lipinski definition) is 3. The minimum Gasteiger partial charge on any atom is -0.462 e. The Morgan fingerprint density at radius 1 is 0.315 bits per heavy atom. The minimum absolute atomic E-state index is 0.102. The third kappa shape index (κ3) is 60.7. The molecule has 0 radical (unpaired) electrons. The number of ether oxygens (including phenoxy) is 4. The van der Waals surface area contributed by atoms with Gasteiger partial charge in [-0.05, 0) is 43.4 Å². The molecule has 0 aliphatic carbocycles. The molecule has 5 unspecified atom stereocenters. The first-order valence-corrected chi connectivity index (χ1v) is 39.5. The molecule has 0 saturated heterocycles. The largest absolute Gasteiger partial charge is 0.472 e. The number of carbonyl (C=O) groups is 4. The molecule has 0 saturated carbocycles. The van der Waals surface area contributed by atoms with E-state index in [1.165, 1.54) is 148 Å². The molecule has 0 amide bonds. The van der Waals surface area contributed by atoms with Crippen molar-refractivity contribution in [3.05, 3.63) is 0 Å². The average Bonchev–Trinajstić information content (AvgIpc) is 3.54. The molecule has 19 heteroatoms. The van der Waals surface area contributed by atoms with Crippen LogP contribution in [0.3, 0.4) is 0 Å². The molecule has 0 spiro atoms. The van der Waals surface area contributed by atoms with Crippen molar-refractivity contribution in [3.63, 3.8) is 0 Å². The predicted octanol–water partition coefficient (Wildman–Crippen LogP) is 19.8. The van der Waals surface area contributed by atoms with E-state index in [0.717, 1.165) is 120 Å². The number of carbonyl (C=O) groups excluding carboxylic acids is 4. The van der Waals surface area contributed by atoms with Crippen LogP contribution in [0.2, 0.25) is 0 Å². The summed E-state index contributed by atoms with van der Waals surface area (Å²) in [5, 5.41) is 10.6. The summed E-state index contributed by atoms with van der Waals surface area (Å²) >= 11 is 0. The van der Waals surface area contributed by atoms with Crippen LogP contribution in [0.1, 0.15) is 350 Å². The predicted molar refractivity (Wildman–Crippen MR) is 358 cm³/mol. The monoisotopic (exact) mass is 1310 g/mol. The number of phosphoric ester groups is 2. The van der Waals surface area contributed by atoms with Crippen LogP contribution in [0.5, 0.6) is 0 Å². The van der Waals surface area contributed by atoms with Crippen molar-refractivity contribution < 1.29 is 80.2 Å². The summed E-state index contributed by atoms with van der Waals surface area (Å²) in [4.78, 5) is 72.5. The number of phosphoric acid groups is 2. The number of aliphatic hydroxyl groups is 1. The Balaban J connectivity index is 5.20. The molecule has 0 aromatic carbocycles. The summed E-state index contributed by atoms with van der Waals surface area (Å²) in [6, 6.07) is 0. The summed E-state index contributed by atoms with van der Waals surface area (Å²) in [5.74, 6) is 0.0490. The Labute approximate surface area is 543 Å². The van der Waals surface area contributed by atoms with Crippen LogP contribution in [0.4, 0.5) is 0 Å². The molecule has 17 nitrogen and oxygen atoms in total. The molecule has 3 N–H and O–H groups in total. The zero-order valence-electron chi connectivity index (χ0n) is 57.9. The molecular formula is C70H136O17P2. The van der Waals surface area contributed by atoms with E-state index >= 15 is 0 Å². The van der Waals surface area contributed by atoms with Crippen molar-refractivity contribution in [2.24, 2.45) is 17.8 Å². The quantitative estimate of drug-likeness (QED) is 0.0222. The number of aliphatic hydroxyl groups excluding tert-OH is 1. The highest BCUT2D eigenvalue weighted by Gasteiger charge is 2.30. The van der Waals surface area contributed by atoms with Gasteiger partial charge in [-0.25, -0.2) is 9.13 Å². The van der Waals surface area contributed by atoms with Gasteiger partial charge in [0.05, 0.1) is 26.4 Å². The molecule has 528 valence electrons. The summed E-state index contributed by atoms with van der Waals surface area (Å²) < 4.78 is 68.2. The van der Waals surface area contributed by atoms with Gasteiger partial charge in [0.1, 0.15) is 19.3 Å². The van der Waals surface area contributed by atoms with Crippen molar-refractivity contribution in [1.29, 1.82) is 0 Å². The van der Waals surface area contributed by atoms with Crippen molar-refractivity contribution in [1.82, 2.24) is 0 Å². The van der Waals surface area contributed by atoms with Crippen molar-refractivity contribution in [2.45, 2.75) is 369 Å². The van der Waals surface area contributed by atoms with Crippen molar-refractivity contribution in [3.8, 4) is 0 Å². The normalized spacial score (nSPS) is 15.1. The maximum absolute atomic E-state index is 13.0. The number of esters is 4. The Hall–Kier alpha value is -1.94. The fraction of sp³-hybridized carbons (Fsp3) is 0.943. The van der Waals surface area contributed by atoms with Crippen LogP contribution in [-0.2, 0) is 65.4 Å². The van der Waals surface area contributed by atoms with Crippen molar-refractivity contribution >= 4 is 39.5 Å². The van der Waals surface area contributed by atoms with Gasteiger partial charge in [-0.3, -0.25) is 37.3 Å². The Morgan fingerprint density at radius 3 is 0.798 bits per heavy atom. The van der Waals surface area contributed by atoms with E-state index in [2.05, 4.69) is 48.5 Å². The second-order valence-corrected chi connectivity index (χ2v) is 28.9. The van der Waals surface area contributed by atoms with Gasteiger partial charge in [0.25, 0.3) is 0 Å². The van der Waals surface area contributed by atoms with E-state index in [9.17, 15) is 43.2 Å². The van der Waals surface area contributed by atoms with E-state index < -0.39 is 97.5 Å². The molecule has 0 aromatic rings. The zero-order chi connectivity index (χ0) is 65.9. The maximum atomic E-state index is 13.0. The summed E-state index contributed by atoms with van der Waals surface area (Å²) in [6.45, 7) is 11.7. The van der Waals surface area contributed by atoms with E-state index in [1.54, 1.807) is 0 Å². The smallest absolute Gasteiger partial charge is 0.462 e. The second-order valence-electron chi connectivity index (χ2n) is 26.0. The highest BCUT2D eigenvalue weighted by molar-refractivity contribution is 7.47. The third-order valence-corrected chi connectivity index (χ3v) is 19.1. The molecular weight excluding hydrogens is 1170 g/mol. The third-order valence-electron chi connectivity index (χ3n) is 17.2. The molecule has 0 aromatic heterocycles. The van der Waals surface area contributed by atoms with Gasteiger partial charge in [0.15, 0.2) is 12.2 Å². The van der Waals surface area contributed by atoms with E-state index in [1.807, 2.05) is 0 Å². The summed E-state index contributed by atoms with van der Waals surface area (Å²) in [6.07, 6.45) is 44.7. The standard InChI is InChI=1S/C70H136O17P2/c1-8-12-13-14-15-16-17-18-19-20-21-22-23-24-25-26-27-39-46-53-69(74)86-65(57-80-67(72)51-44-37-31-28-34-41-48-61(5)9-2)59-84-88(76,77)82-55-64(71)56-83-89(78,79)85-60-66(87-70(75)54-47-40-33-30-36-43-50-63(7)11-4)58-81-68(73)52-45-38-32-29-35-42-49-62(6)10-3/h61-66,71H,8-60H2,1-7H3,(H,76,77)(H,78,79)/t61?,62?,63?,64-,65-,66-/m1/s1. The minimum atomic E-state index is -4.95. The molecule has 0 fully saturated rings. The first-order valence-electron chi connectivity index (χ1n) is 36.5. The van der Waals surface area contributed by atoms with E-state index in [4.69, 9.17) is 37.0 Å². The fourth-order valence-electron chi connectivity index (χ4n) is 10.4. The van der Waals surface area contributed by atoms with Crippen LogP contribution in [0.15, 0.2) is 0 Å². The Bertz CT molecular complexity index is 1760. The van der Waals surface area contributed by atoms with Gasteiger partial charge in [0.2, 0.25) is 0 Å². The van der Waals surface area contributed by atoms with Crippen molar-refractivity contribution in [2.75, 3.05) is 39.6 Å². The lowest BCUT2D eigenvalue weighted by molar-refractivity contribution is -0.161. The molecule has 0 aliphatic heterocycles. The zero-order valence-corrected chi connectivity index (χ0v) is 59.7. The number of rotatable bonds is 68. The van der Waals surface area contributed by atoms with Gasteiger partial charge in [-0.2, -0.15) is 0 Å². The summed E-state index contributed by atoms with van der Waals surface area (Å²) in [7, 11) is -9.90. The van der Waals surface area contributed by atoms with E-state index in [0.29, 0.717) is 25.7 Å². The first-order chi connectivity index (χ1) is 42.8. The molecule has 0 rings (SSSR count). The summed E-state index contributed by atoms with van der Waals surface area (Å²) in [5.41, 5.74) is 0. The van der Waals surface area contributed by atoms with Gasteiger partial charge in [-0.1, -0.05) is 299 Å². The van der Waals surface area contributed by atoms with Gasteiger partial charge < -0.3 is 33.8 Å². The van der Waals surface area contributed by atoms with Gasteiger partial charge >= 0.3 is 39.5 Å². The average molecular weight is 1310 g/mol. The number of unbranched alkanes of at least 4 members (excludes halogenated alkanes) is 33. The highest BCUT2D eigenvalue weighted by Crippen LogP contribution is 2.45. The first kappa shape index (κ1) is 87.1. The second kappa shape index (κ2) is 61.0. The Kier molecular flexibility index (Phi) is 59.6. The molecule has 0 bridgehead atoms. The lowest BCUT2D eigenvalue weighted by Crippen LogP contribution is -2.30. The van der Waals surface area contributed by atoms with Crippen LogP contribution in [-0.4, -0.2) is 96.7 Å². The topological polar surface area (TPSA) is 237 Å². The highest BCUT2D eigenvalue weighted by atomic mass is 31.2. The van der Waals surface area contributed by atoms with Gasteiger partial charge in [0, 0.05) is 25.7 Å². The van der Waals surface area contributed by atoms with Crippen LogP contribution in [0, 0.1) is 17.8 Å². The fourth-order valence-corrected chi connectivity index (χ4v) is 12.0. The molecule has 0 heterocycles. The lowest BCUT2D eigenvalue weighted by Gasteiger charge is -2.21. The van der Waals surface area contributed by atoms with E-state index in [-0.39, 0.29) is 25.7 Å². The number of hydrogen-bond acceptors (Lipinski definition) is 15. The van der Waals surface area contributed by atoms with Crippen LogP contribution in [0.25, 0.3) is 0 Å². The SMILES string of the molecule is CCCCCCCCCCCCCCCCCCCCCC(=O)O[C@H](COC(=O)CCCCCCCCC(C)CC)COP(=O)(O)OC[C@@H](O)COP(=O)(O)OC[C@@H](COC(=O)CCCCCCCCC(C)CC)OC(=O)CCCCCCCCC(C)CC. The Morgan fingerprint density at radius 2 is 0.539 bits per heavy atom. The molecule has 0 aliphatic rings. The van der Waals surface area contributed by atoms with Gasteiger partial charge in [-0.15, -0.1) is 0 Å². The van der Waals surface area contributed by atoms with Crippen LogP contribution >= 0.6 is 15.6 Å². The molecule has 8 atom stereocenters. The molecule has 89 heavy (non-hydrogen) atoms. The maximum Gasteiger partial charge on any atom is 0.472 e. The van der Waals surface area contributed by atoms with Crippen LogP contribution < -0.4 is 0 Å².